The number of hydrogen-bond donors (Lipinski definition) is 1. The number of hydrogen-bond acceptors (Lipinski definition) is 1. The van der Waals surface area contributed by atoms with Crippen LogP contribution in [0.5, 0.6) is 0 Å². The SMILES string of the molecule is CCNC[C@H](CC)Cc1ccc(F)cc1. The van der Waals surface area contributed by atoms with E-state index >= 15 is 0 Å². The zero-order valence-corrected chi connectivity index (χ0v) is 9.59. The molecule has 1 N–H and O–H groups in total. The Morgan fingerprint density at radius 1 is 1.20 bits per heavy atom. The van der Waals surface area contributed by atoms with Crippen molar-refractivity contribution in [2.24, 2.45) is 5.92 Å². The van der Waals surface area contributed by atoms with Gasteiger partial charge in [0, 0.05) is 0 Å². The van der Waals surface area contributed by atoms with Gasteiger partial charge in [0.05, 0.1) is 0 Å². The topological polar surface area (TPSA) is 12.0 Å². The van der Waals surface area contributed by atoms with E-state index in [2.05, 4.69) is 19.2 Å². The van der Waals surface area contributed by atoms with Crippen LogP contribution in [-0.4, -0.2) is 13.1 Å². The molecule has 0 aliphatic heterocycles. The highest BCUT2D eigenvalue weighted by Gasteiger charge is 2.06. The first kappa shape index (κ1) is 12.2. The molecule has 0 bridgehead atoms. The molecule has 0 spiro atoms. The molecule has 15 heavy (non-hydrogen) atoms. The molecular weight excluding hydrogens is 189 g/mol. The molecule has 1 atom stereocenters. The maximum absolute atomic E-state index is 12.7. The van der Waals surface area contributed by atoms with Gasteiger partial charge < -0.3 is 5.32 Å². The highest BCUT2D eigenvalue weighted by molar-refractivity contribution is 5.16. The van der Waals surface area contributed by atoms with Crippen LogP contribution in [-0.2, 0) is 6.42 Å². The summed E-state index contributed by atoms with van der Waals surface area (Å²) < 4.78 is 12.7. The molecule has 1 aromatic rings. The van der Waals surface area contributed by atoms with Crippen LogP contribution < -0.4 is 5.32 Å². The van der Waals surface area contributed by atoms with E-state index in [1.165, 1.54) is 17.7 Å². The quantitative estimate of drug-likeness (QED) is 0.759. The van der Waals surface area contributed by atoms with E-state index < -0.39 is 0 Å². The molecule has 0 radical (unpaired) electrons. The highest BCUT2D eigenvalue weighted by Crippen LogP contribution is 2.12. The average molecular weight is 209 g/mol. The monoisotopic (exact) mass is 209 g/mol. The van der Waals surface area contributed by atoms with Crippen LogP contribution in [0.1, 0.15) is 25.8 Å². The largest absolute Gasteiger partial charge is 0.317 e. The predicted octanol–water partition coefficient (Wildman–Crippen LogP) is 3.00. The molecule has 0 heterocycles. The zero-order chi connectivity index (χ0) is 11.1. The number of nitrogens with one attached hydrogen (secondary N) is 1. The van der Waals surface area contributed by atoms with Crippen LogP contribution >= 0.6 is 0 Å². The second kappa shape index (κ2) is 6.57. The summed E-state index contributed by atoms with van der Waals surface area (Å²) in [5, 5.41) is 3.36. The summed E-state index contributed by atoms with van der Waals surface area (Å²) in [7, 11) is 0. The van der Waals surface area contributed by atoms with E-state index in [0.717, 1.165) is 25.9 Å². The van der Waals surface area contributed by atoms with Gasteiger partial charge in [-0.25, -0.2) is 4.39 Å². The maximum Gasteiger partial charge on any atom is 0.123 e. The number of halogens is 1. The Kier molecular flexibility index (Phi) is 5.33. The Hall–Kier alpha value is -0.890. The summed E-state index contributed by atoms with van der Waals surface area (Å²) in [4.78, 5) is 0. The standard InChI is InChI=1S/C13H20FN/c1-3-11(10-15-4-2)9-12-5-7-13(14)8-6-12/h5-8,11,15H,3-4,9-10H2,1-2H3/t11-/m1/s1. The number of rotatable bonds is 6. The van der Waals surface area contributed by atoms with Crippen molar-refractivity contribution in [1.29, 1.82) is 0 Å². The first-order chi connectivity index (χ1) is 7.26. The van der Waals surface area contributed by atoms with E-state index in [0.29, 0.717) is 5.92 Å². The fourth-order valence-electron chi connectivity index (χ4n) is 1.66. The third-order valence-electron chi connectivity index (χ3n) is 2.70. The lowest BCUT2D eigenvalue weighted by atomic mass is 9.97. The highest BCUT2D eigenvalue weighted by atomic mass is 19.1. The molecule has 0 aliphatic rings. The second-order valence-electron chi connectivity index (χ2n) is 3.91. The van der Waals surface area contributed by atoms with Gasteiger partial charge >= 0.3 is 0 Å². The molecule has 0 unspecified atom stereocenters. The molecule has 84 valence electrons. The van der Waals surface area contributed by atoms with Crippen molar-refractivity contribution in [1.82, 2.24) is 5.32 Å². The Morgan fingerprint density at radius 3 is 2.40 bits per heavy atom. The van der Waals surface area contributed by atoms with Gasteiger partial charge in [-0.1, -0.05) is 32.4 Å². The van der Waals surface area contributed by atoms with Gasteiger partial charge in [0.15, 0.2) is 0 Å². The van der Waals surface area contributed by atoms with Gasteiger partial charge in [-0.2, -0.15) is 0 Å². The molecule has 0 fully saturated rings. The third kappa shape index (κ3) is 4.43. The summed E-state index contributed by atoms with van der Waals surface area (Å²) in [5.74, 6) is 0.494. The van der Waals surface area contributed by atoms with E-state index in [1.807, 2.05) is 12.1 Å². The van der Waals surface area contributed by atoms with Crippen molar-refractivity contribution < 1.29 is 4.39 Å². The van der Waals surface area contributed by atoms with Crippen molar-refractivity contribution in [3.63, 3.8) is 0 Å². The average Bonchev–Trinajstić information content (AvgIpc) is 2.27. The lowest BCUT2D eigenvalue weighted by Gasteiger charge is -2.15. The second-order valence-corrected chi connectivity index (χ2v) is 3.91. The van der Waals surface area contributed by atoms with Gasteiger partial charge in [0.1, 0.15) is 5.82 Å². The predicted molar refractivity (Wildman–Crippen MR) is 62.4 cm³/mol. The minimum Gasteiger partial charge on any atom is -0.317 e. The van der Waals surface area contributed by atoms with Crippen molar-refractivity contribution in [2.75, 3.05) is 13.1 Å². The van der Waals surface area contributed by atoms with Crippen molar-refractivity contribution in [3.8, 4) is 0 Å². The van der Waals surface area contributed by atoms with Crippen LogP contribution in [0.2, 0.25) is 0 Å². The Morgan fingerprint density at radius 2 is 1.87 bits per heavy atom. The van der Waals surface area contributed by atoms with E-state index in [1.54, 1.807) is 0 Å². The minimum atomic E-state index is -0.154. The van der Waals surface area contributed by atoms with Crippen molar-refractivity contribution >= 4 is 0 Å². The molecule has 0 saturated carbocycles. The van der Waals surface area contributed by atoms with Gasteiger partial charge in [0.2, 0.25) is 0 Å². The molecule has 0 aliphatic carbocycles. The molecule has 1 rings (SSSR count). The summed E-state index contributed by atoms with van der Waals surface area (Å²) >= 11 is 0. The Labute approximate surface area is 91.7 Å². The molecule has 0 aromatic heterocycles. The third-order valence-corrected chi connectivity index (χ3v) is 2.70. The van der Waals surface area contributed by atoms with Crippen LogP contribution in [0.4, 0.5) is 4.39 Å². The van der Waals surface area contributed by atoms with Crippen molar-refractivity contribution in [2.45, 2.75) is 26.7 Å². The van der Waals surface area contributed by atoms with Crippen LogP contribution in [0, 0.1) is 11.7 Å². The van der Waals surface area contributed by atoms with Crippen LogP contribution in [0.15, 0.2) is 24.3 Å². The molecule has 0 amide bonds. The first-order valence-electron chi connectivity index (χ1n) is 5.71. The fourth-order valence-corrected chi connectivity index (χ4v) is 1.66. The first-order valence-corrected chi connectivity index (χ1v) is 5.71. The molecule has 1 aromatic carbocycles. The van der Waals surface area contributed by atoms with Crippen LogP contribution in [0.3, 0.4) is 0 Å². The van der Waals surface area contributed by atoms with E-state index in [4.69, 9.17) is 0 Å². The van der Waals surface area contributed by atoms with Gasteiger partial charge in [-0.05, 0) is 43.1 Å². The molecular formula is C13H20FN. The van der Waals surface area contributed by atoms with Gasteiger partial charge in [-0.15, -0.1) is 0 Å². The maximum atomic E-state index is 12.7. The zero-order valence-electron chi connectivity index (χ0n) is 9.59. The molecule has 2 heteroatoms. The van der Waals surface area contributed by atoms with Gasteiger partial charge in [-0.3, -0.25) is 0 Å². The normalized spacial score (nSPS) is 12.7. The fraction of sp³-hybridized carbons (Fsp3) is 0.538. The van der Waals surface area contributed by atoms with Crippen LogP contribution in [0.25, 0.3) is 0 Å². The smallest absolute Gasteiger partial charge is 0.123 e. The lowest BCUT2D eigenvalue weighted by molar-refractivity contribution is 0.467. The minimum absolute atomic E-state index is 0.154. The summed E-state index contributed by atoms with van der Waals surface area (Å²) in [5.41, 5.74) is 1.22. The van der Waals surface area contributed by atoms with Gasteiger partial charge in [0.25, 0.3) is 0 Å². The van der Waals surface area contributed by atoms with E-state index in [-0.39, 0.29) is 5.82 Å². The Balaban J connectivity index is 2.47. The molecule has 0 saturated heterocycles. The summed E-state index contributed by atoms with van der Waals surface area (Å²) in [6, 6.07) is 6.83. The lowest BCUT2D eigenvalue weighted by Crippen LogP contribution is -2.23. The summed E-state index contributed by atoms with van der Waals surface area (Å²) in [6.07, 6.45) is 2.19. The number of benzene rings is 1. The Bertz CT molecular complexity index is 268. The van der Waals surface area contributed by atoms with Crippen molar-refractivity contribution in [3.05, 3.63) is 35.6 Å². The van der Waals surface area contributed by atoms with E-state index in [9.17, 15) is 4.39 Å². The molecule has 1 nitrogen and oxygen atoms in total. The summed E-state index contributed by atoms with van der Waals surface area (Å²) in [6.45, 7) is 6.38.